The lowest BCUT2D eigenvalue weighted by Crippen LogP contribution is -2.31. The molecule has 0 saturated heterocycles. The van der Waals surface area contributed by atoms with E-state index in [0.29, 0.717) is 27.8 Å². The molecule has 30 heavy (non-hydrogen) atoms. The van der Waals surface area contributed by atoms with Gasteiger partial charge in [0.2, 0.25) is 0 Å². The van der Waals surface area contributed by atoms with Gasteiger partial charge in [0.1, 0.15) is 0 Å². The third-order valence-corrected chi connectivity index (χ3v) is 5.45. The lowest BCUT2D eigenvalue weighted by molar-refractivity contribution is 0.0949. The van der Waals surface area contributed by atoms with Crippen LogP contribution in [-0.4, -0.2) is 23.5 Å². The van der Waals surface area contributed by atoms with Crippen LogP contribution in [0.4, 0.5) is 0 Å². The summed E-state index contributed by atoms with van der Waals surface area (Å²) in [6.07, 6.45) is 7.62. The zero-order valence-electron chi connectivity index (χ0n) is 16.0. The van der Waals surface area contributed by atoms with E-state index in [2.05, 4.69) is 5.32 Å². The van der Waals surface area contributed by atoms with Crippen molar-refractivity contribution in [1.82, 2.24) is 5.32 Å². The highest BCUT2D eigenvalue weighted by Crippen LogP contribution is 2.31. The highest BCUT2D eigenvalue weighted by molar-refractivity contribution is 6.28. The minimum atomic E-state index is -0.148. The van der Waals surface area contributed by atoms with E-state index in [1.165, 1.54) is 0 Å². The summed E-state index contributed by atoms with van der Waals surface area (Å²) in [7, 11) is 0. The summed E-state index contributed by atoms with van der Waals surface area (Å²) in [5.41, 5.74) is 3.98. The zero-order valence-corrected chi connectivity index (χ0v) is 16.0. The normalized spacial score (nSPS) is 14.5. The van der Waals surface area contributed by atoms with Crippen molar-refractivity contribution in [2.75, 3.05) is 0 Å². The molecule has 5 rings (SSSR count). The Bertz CT molecular complexity index is 1250. The summed E-state index contributed by atoms with van der Waals surface area (Å²) in [6, 6.07) is 19.3. The summed E-state index contributed by atoms with van der Waals surface area (Å²) in [5.74, 6) is -0.421. The van der Waals surface area contributed by atoms with Gasteiger partial charge in [0.15, 0.2) is 11.6 Å². The molecule has 0 fully saturated rings. The van der Waals surface area contributed by atoms with E-state index in [0.717, 1.165) is 11.1 Å². The monoisotopic (exact) mass is 391 g/mol. The van der Waals surface area contributed by atoms with Crippen LogP contribution < -0.4 is 5.32 Å². The molecule has 0 radical (unpaired) electrons. The van der Waals surface area contributed by atoms with Gasteiger partial charge in [-0.05, 0) is 35.4 Å². The minimum Gasteiger partial charge on any atom is -0.342 e. The third-order valence-electron chi connectivity index (χ3n) is 5.45. The number of fused-ring (bicyclic) bond motifs is 2. The maximum absolute atomic E-state index is 12.9. The molecule has 4 nitrogen and oxygen atoms in total. The van der Waals surface area contributed by atoms with E-state index in [9.17, 15) is 14.4 Å². The standard InChI is InChI=1S/C26H17NO3/c28-24-20-7-3-4-8-21(20)25(29)23-15-18(13-14-22(23)24)16-9-11-17(12-10-16)26(30)27-19-5-1-2-6-19/h1-15,19H,(H,27,30). The number of benzene rings is 3. The summed E-state index contributed by atoms with van der Waals surface area (Å²) >= 11 is 0. The van der Waals surface area contributed by atoms with E-state index in [1.807, 2.05) is 42.5 Å². The van der Waals surface area contributed by atoms with Crippen LogP contribution in [0.25, 0.3) is 11.1 Å². The molecule has 0 bridgehead atoms. The average Bonchev–Trinajstić information content (AvgIpc) is 3.30. The Morgan fingerprint density at radius 3 is 1.90 bits per heavy atom. The molecule has 3 aromatic rings. The van der Waals surface area contributed by atoms with Crippen molar-refractivity contribution in [3.63, 3.8) is 0 Å². The van der Waals surface area contributed by atoms with Crippen LogP contribution in [0.15, 0.2) is 91.0 Å². The predicted octanol–water partition coefficient (Wildman–Crippen LogP) is 4.35. The van der Waals surface area contributed by atoms with Crippen molar-refractivity contribution in [3.8, 4) is 11.1 Å². The van der Waals surface area contributed by atoms with Crippen molar-refractivity contribution in [1.29, 1.82) is 0 Å². The highest BCUT2D eigenvalue weighted by Gasteiger charge is 2.29. The Labute approximate surface area is 173 Å². The molecular weight excluding hydrogens is 374 g/mol. The van der Waals surface area contributed by atoms with Gasteiger partial charge in [0.25, 0.3) is 5.91 Å². The van der Waals surface area contributed by atoms with E-state index >= 15 is 0 Å². The van der Waals surface area contributed by atoms with E-state index in [1.54, 1.807) is 48.5 Å². The molecule has 3 aromatic carbocycles. The van der Waals surface area contributed by atoms with Gasteiger partial charge in [0.05, 0.1) is 6.04 Å². The molecule has 2 aliphatic carbocycles. The Morgan fingerprint density at radius 2 is 1.23 bits per heavy atom. The maximum Gasteiger partial charge on any atom is 0.251 e. The second-order valence-electron chi connectivity index (χ2n) is 7.31. The Hall–Kier alpha value is -4.05. The molecule has 1 amide bonds. The molecule has 0 saturated carbocycles. The predicted molar refractivity (Wildman–Crippen MR) is 115 cm³/mol. The van der Waals surface area contributed by atoms with Crippen LogP contribution >= 0.6 is 0 Å². The van der Waals surface area contributed by atoms with Gasteiger partial charge in [-0.25, -0.2) is 0 Å². The number of rotatable bonds is 3. The van der Waals surface area contributed by atoms with Gasteiger partial charge in [-0.1, -0.05) is 66.8 Å². The number of hydrogen-bond acceptors (Lipinski definition) is 3. The van der Waals surface area contributed by atoms with Gasteiger partial charge >= 0.3 is 0 Å². The molecule has 0 unspecified atom stereocenters. The van der Waals surface area contributed by atoms with Gasteiger partial charge in [-0.15, -0.1) is 0 Å². The highest BCUT2D eigenvalue weighted by atomic mass is 16.2. The molecule has 144 valence electrons. The second kappa shape index (κ2) is 7.08. The van der Waals surface area contributed by atoms with Crippen molar-refractivity contribution in [3.05, 3.63) is 119 Å². The van der Waals surface area contributed by atoms with Crippen molar-refractivity contribution >= 4 is 17.5 Å². The molecule has 4 heteroatoms. The fraction of sp³-hybridized carbons (Fsp3) is 0.0385. The topological polar surface area (TPSA) is 63.2 Å². The number of ketones is 2. The third kappa shape index (κ3) is 2.99. The van der Waals surface area contributed by atoms with Crippen LogP contribution in [0.2, 0.25) is 0 Å². The Balaban J connectivity index is 1.44. The second-order valence-corrected chi connectivity index (χ2v) is 7.31. The molecule has 2 aliphatic rings. The molecule has 0 spiro atoms. The first kappa shape index (κ1) is 18.0. The average molecular weight is 391 g/mol. The summed E-state index contributed by atoms with van der Waals surface area (Å²) < 4.78 is 0. The van der Waals surface area contributed by atoms with Crippen LogP contribution in [0.3, 0.4) is 0 Å². The first-order valence-corrected chi connectivity index (χ1v) is 9.70. The molecular formula is C26H17NO3. The van der Waals surface area contributed by atoms with Crippen molar-refractivity contribution < 1.29 is 14.4 Å². The van der Waals surface area contributed by atoms with Gasteiger partial charge in [-0.3, -0.25) is 14.4 Å². The molecule has 0 aliphatic heterocycles. The molecule has 1 N–H and O–H groups in total. The van der Waals surface area contributed by atoms with Gasteiger partial charge in [0, 0.05) is 27.8 Å². The number of carbonyl (C=O) groups is 3. The summed E-state index contributed by atoms with van der Waals surface area (Å²) in [5, 5.41) is 2.92. The number of nitrogens with one attached hydrogen (secondary N) is 1. The Morgan fingerprint density at radius 1 is 0.667 bits per heavy atom. The van der Waals surface area contributed by atoms with Crippen LogP contribution in [0, 0.1) is 0 Å². The van der Waals surface area contributed by atoms with Crippen LogP contribution in [0.5, 0.6) is 0 Å². The number of carbonyl (C=O) groups excluding carboxylic acids is 3. The van der Waals surface area contributed by atoms with Crippen LogP contribution in [-0.2, 0) is 0 Å². The van der Waals surface area contributed by atoms with E-state index < -0.39 is 0 Å². The smallest absolute Gasteiger partial charge is 0.251 e. The number of hydrogen-bond donors (Lipinski definition) is 1. The van der Waals surface area contributed by atoms with Crippen LogP contribution in [0.1, 0.15) is 42.2 Å². The number of amides is 1. The summed E-state index contributed by atoms with van der Waals surface area (Å²) in [4.78, 5) is 38.1. The quantitative estimate of drug-likeness (QED) is 0.565. The van der Waals surface area contributed by atoms with Gasteiger partial charge < -0.3 is 5.32 Å². The molecule has 0 atom stereocenters. The number of allylic oxidation sites excluding steroid dienone is 2. The van der Waals surface area contributed by atoms with Crippen molar-refractivity contribution in [2.45, 2.75) is 6.04 Å². The first-order chi connectivity index (χ1) is 14.6. The molecule has 0 aromatic heterocycles. The Kier molecular flexibility index (Phi) is 4.25. The zero-order chi connectivity index (χ0) is 20.7. The molecule has 0 heterocycles. The summed E-state index contributed by atoms with van der Waals surface area (Å²) in [6.45, 7) is 0. The lowest BCUT2D eigenvalue weighted by Gasteiger charge is -2.18. The van der Waals surface area contributed by atoms with Gasteiger partial charge in [-0.2, -0.15) is 0 Å². The van der Waals surface area contributed by atoms with Crippen molar-refractivity contribution in [2.24, 2.45) is 0 Å². The first-order valence-electron chi connectivity index (χ1n) is 9.70. The fourth-order valence-electron chi connectivity index (χ4n) is 3.86. The fourth-order valence-corrected chi connectivity index (χ4v) is 3.86. The largest absolute Gasteiger partial charge is 0.342 e. The van der Waals surface area contributed by atoms with E-state index in [-0.39, 0.29) is 23.5 Å². The SMILES string of the molecule is O=C(NC1C=CC=C1)c1ccc(-c2ccc3c(c2)C(=O)c2ccccc2C3=O)cc1. The minimum absolute atomic E-state index is 0.0794. The lowest BCUT2D eigenvalue weighted by atomic mass is 9.83. The van der Waals surface area contributed by atoms with E-state index in [4.69, 9.17) is 0 Å². The maximum atomic E-state index is 12.9.